The van der Waals surface area contributed by atoms with Crippen molar-refractivity contribution in [1.82, 2.24) is 9.97 Å². The van der Waals surface area contributed by atoms with Crippen LogP contribution < -0.4 is 4.90 Å². The Morgan fingerprint density at radius 3 is 2.56 bits per heavy atom. The Labute approximate surface area is 106 Å². The Balaban J connectivity index is 2.33. The second-order valence-electron chi connectivity index (χ2n) is 4.10. The average Bonchev–Trinajstić information content (AvgIpc) is 3.08. The summed E-state index contributed by atoms with van der Waals surface area (Å²) in [5, 5.41) is 9.16. The number of rotatable bonds is 4. The van der Waals surface area contributed by atoms with Crippen LogP contribution in [0.5, 0.6) is 0 Å². The first kappa shape index (κ1) is 13.4. The maximum absolute atomic E-state index is 12.5. The van der Waals surface area contributed by atoms with Crippen LogP contribution in [0.1, 0.15) is 18.4 Å². The van der Waals surface area contributed by atoms with Crippen LogP contribution in [0.15, 0.2) is 6.33 Å². The van der Waals surface area contributed by atoms with Gasteiger partial charge in [-0.1, -0.05) is 11.6 Å². The highest BCUT2D eigenvalue weighted by molar-refractivity contribution is 6.30. The van der Waals surface area contributed by atoms with Gasteiger partial charge in [-0.3, -0.25) is 0 Å². The molecule has 0 amide bonds. The van der Waals surface area contributed by atoms with Crippen LogP contribution in [0.25, 0.3) is 0 Å². The van der Waals surface area contributed by atoms with Crippen molar-refractivity contribution < 1.29 is 18.3 Å². The smallest absolute Gasteiger partial charge is 0.391 e. The lowest BCUT2D eigenvalue weighted by atomic mass is 10.3. The molecule has 1 N–H and O–H groups in total. The summed E-state index contributed by atoms with van der Waals surface area (Å²) in [5.41, 5.74) is 0.135. The molecule has 4 nitrogen and oxygen atoms in total. The summed E-state index contributed by atoms with van der Waals surface area (Å²) in [6.07, 6.45) is -1.86. The molecule has 0 radical (unpaired) electrons. The summed E-state index contributed by atoms with van der Waals surface area (Å²) in [4.78, 5) is 8.62. The minimum atomic E-state index is -4.33. The quantitative estimate of drug-likeness (QED) is 0.859. The van der Waals surface area contributed by atoms with E-state index in [0.717, 1.165) is 11.2 Å². The van der Waals surface area contributed by atoms with Gasteiger partial charge in [0.05, 0.1) is 12.2 Å². The number of alkyl halides is 3. The Morgan fingerprint density at radius 2 is 2.06 bits per heavy atom. The molecule has 18 heavy (non-hydrogen) atoms. The summed E-state index contributed by atoms with van der Waals surface area (Å²) in [5.74, 6) is 0.0670. The number of hydrogen-bond donors (Lipinski definition) is 1. The van der Waals surface area contributed by atoms with Crippen molar-refractivity contribution in [2.24, 2.45) is 0 Å². The van der Waals surface area contributed by atoms with Gasteiger partial charge in [0.2, 0.25) is 0 Å². The zero-order valence-corrected chi connectivity index (χ0v) is 10.0. The molecule has 1 saturated carbocycles. The fraction of sp³-hybridized carbons (Fsp3) is 0.600. The molecule has 0 spiro atoms. The van der Waals surface area contributed by atoms with E-state index in [-0.39, 0.29) is 22.6 Å². The minimum Gasteiger partial charge on any atom is -0.391 e. The number of halogens is 4. The highest BCUT2D eigenvalue weighted by Crippen LogP contribution is 2.36. The predicted molar refractivity (Wildman–Crippen MR) is 59.4 cm³/mol. The van der Waals surface area contributed by atoms with Crippen molar-refractivity contribution in [2.45, 2.75) is 31.7 Å². The second-order valence-corrected chi connectivity index (χ2v) is 4.46. The number of aliphatic hydroxyl groups excluding tert-OH is 1. The van der Waals surface area contributed by atoms with Gasteiger partial charge in [-0.2, -0.15) is 13.2 Å². The largest absolute Gasteiger partial charge is 0.405 e. The number of aromatic nitrogens is 2. The van der Waals surface area contributed by atoms with E-state index in [2.05, 4.69) is 9.97 Å². The van der Waals surface area contributed by atoms with Crippen LogP contribution in [-0.4, -0.2) is 33.8 Å². The standard InChI is InChI=1S/C10H11ClF3N3O/c11-8-7(3-18)9(16-5-15-8)17(6-1-2-6)4-10(12,13)14/h5-6,18H,1-4H2. The van der Waals surface area contributed by atoms with E-state index in [1.807, 2.05) is 0 Å². The lowest BCUT2D eigenvalue weighted by Gasteiger charge is -2.26. The third-order valence-corrected chi connectivity index (χ3v) is 2.96. The molecular formula is C10H11ClF3N3O. The molecule has 8 heteroatoms. The normalized spacial score (nSPS) is 15.8. The van der Waals surface area contributed by atoms with Gasteiger partial charge < -0.3 is 10.0 Å². The van der Waals surface area contributed by atoms with Crippen molar-refractivity contribution >= 4 is 17.4 Å². The van der Waals surface area contributed by atoms with Gasteiger partial charge in [0.25, 0.3) is 0 Å². The molecule has 0 unspecified atom stereocenters. The lowest BCUT2D eigenvalue weighted by molar-refractivity contribution is -0.120. The molecule has 100 valence electrons. The Hall–Kier alpha value is -1.08. The summed E-state index contributed by atoms with van der Waals surface area (Å²) >= 11 is 5.75. The molecular weight excluding hydrogens is 271 g/mol. The molecule has 0 saturated heterocycles. The van der Waals surface area contributed by atoms with Gasteiger partial charge in [-0.15, -0.1) is 0 Å². The summed E-state index contributed by atoms with van der Waals surface area (Å²) in [6, 6.07) is -0.192. The van der Waals surface area contributed by atoms with Crippen molar-refractivity contribution in [3.63, 3.8) is 0 Å². The molecule has 0 aromatic carbocycles. The maximum atomic E-state index is 12.5. The Morgan fingerprint density at radius 1 is 1.39 bits per heavy atom. The monoisotopic (exact) mass is 281 g/mol. The van der Waals surface area contributed by atoms with Crippen molar-refractivity contribution in [3.8, 4) is 0 Å². The van der Waals surface area contributed by atoms with E-state index < -0.39 is 19.3 Å². The van der Waals surface area contributed by atoms with Crippen LogP contribution in [0.2, 0.25) is 5.15 Å². The van der Waals surface area contributed by atoms with Crippen molar-refractivity contribution in [2.75, 3.05) is 11.4 Å². The second kappa shape index (κ2) is 4.89. The number of hydrogen-bond acceptors (Lipinski definition) is 4. The molecule has 0 aliphatic heterocycles. The molecule has 1 heterocycles. The molecule has 1 fully saturated rings. The van der Waals surface area contributed by atoms with E-state index >= 15 is 0 Å². The third kappa shape index (κ3) is 3.02. The minimum absolute atomic E-state index is 0.0182. The van der Waals surface area contributed by atoms with Crippen molar-refractivity contribution in [3.05, 3.63) is 17.0 Å². The van der Waals surface area contributed by atoms with E-state index in [4.69, 9.17) is 11.6 Å². The van der Waals surface area contributed by atoms with Gasteiger partial charge in [0.15, 0.2) is 0 Å². The Bertz CT molecular complexity index is 437. The first-order chi connectivity index (χ1) is 8.42. The van der Waals surface area contributed by atoms with Gasteiger partial charge in [0.1, 0.15) is 23.8 Å². The van der Waals surface area contributed by atoms with E-state index in [1.54, 1.807) is 0 Å². The van der Waals surface area contributed by atoms with E-state index in [0.29, 0.717) is 12.8 Å². The molecule has 1 aromatic heterocycles. The van der Waals surface area contributed by atoms with Gasteiger partial charge in [-0.25, -0.2) is 9.97 Å². The van der Waals surface area contributed by atoms with Gasteiger partial charge >= 0.3 is 6.18 Å². The predicted octanol–water partition coefficient (Wildman–Crippen LogP) is 2.15. The zero-order chi connectivity index (χ0) is 13.3. The van der Waals surface area contributed by atoms with Crippen LogP contribution in [0.4, 0.5) is 19.0 Å². The van der Waals surface area contributed by atoms with Crippen molar-refractivity contribution in [1.29, 1.82) is 0 Å². The van der Waals surface area contributed by atoms with Crippen LogP contribution in [0, 0.1) is 0 Å². The molecule has 0 atom stereocenters. The number of anilines is 1. The van der Waals surface area contributed by atoms with Gasteiger partial charge in [-0.05, 0) is 12.8 Å². The first-order valence-electron chi connectivity index (χ1n) is 5.36. The molecule has 1 aliphatic carbocycles. The lowest BCUT2D eigenvalue weighted by Crippen LogP contribution is -2.37. The topological polar surface area (TPSA) is 49.3 Å². The third-order valence-electron chi connectivity index (χ3n) is 2.64. The van der Waals surface area contributed by atoms with Gasteiger partial charge in [0, 0.05) is 6.04 Å². The summed E-state index contributed by atoms with van der Waals surface area (Å²) in [6.45, 7) is -1.59. The van der Waals surface area contributed by atoms with Crippen LogP contribution in [-0.2, 0) is 6.61 Å². The fourth-order valence-corrected chi connectivity index (χ4v) is 1.91. The highest BCUT2D eigenvalue weighted by Gasteiger charge is 2.39. The number of aliphatic hydroxyl groups is 1. The SMILES string of the molecule is OCc1c(Cl)ncnc1N(CC(F)(F)F)C1CC1. The molecule has 1 aliphatic rings. The summed E-state index contributed by atoms with van der Waals surface area (Å²) < 4.78 is 37.6. The Kier molecular flexibility index (Phi) is 3.63. The maximum Gasteiger partial charge on any atom is 0.405 e. The average molecular weight is 282 g/mol. The summed E-state index contributed by atoms with van der Waals surface area (Å²) in [7, 11) is 0. The van der Waals surface area contributed by atoms with E-state index in [9.17, 15) is 18.3 Å². The molecule has 2 rings (SSSR count). The van der Waals surface area contributed by atoms with E-state index in [1.165, 1.54) is 0 Å². The molecule has 0 bridgehead atoms. The fourth-order valence-electron chi connectivity index (χ4n) is 1.72. The zero-order valence-electron chi connectivity index (χ0n) is 9.28. The highest BCUT2D eigenvalue weighted by atomic mass is 35.5. The molecule has 1 aromatic rings. The number of nitrogens with zero attached hydrogens (tertiary/aromatic N) is 3. The van der Waals surface area contributed by atoms with Crippen LogP contribution >= 0.6 is 11.6 Å². The van der Waals surface area contributed by atoms with Crippen LogP contribution in [0.3, 0.4) is 0 Å². The first-order valence-corrected chi connectivity index (χ1v) is 5.74.